The fourth-order valence-corrected chi connectivity index (χ4v) is 2.49. The number of amides is 2. The molecule has 0 atom stereocenters. The van der Waals surface area contributed by atoms with E-state index in [4.69, 9.17) is 9.47 Å². The highest BCUT2D eigenvalue weighted by Gasteiger charge is 2.18. The van der Waals surface area contributed by atoms with Gasteiger partial charge in [-0.1, -0.05) is 18.2 Å². The van der Waals surface area contributed by atoms with Crippen LogP contribution in [0.5, 0.6) is 17.2 Å². The smallest absolute Gasteiger partial charge is 0.314 e. The van der Waals surface area contributed by atoms with E-state index in [0.29, 0.717) is 17.2 Å². The highest BCUT2D eigenvalue weighted by Crippen LogP contribution is 2.29. The minimum Gasteiger partial charge on any atom is -0.494 e. The minimum atomic E-state index is -0.952. The lowest BCUT2D eigenvalue weighted by atomic mass is 10.2. The number of carbonyl (C=O) groups excluding carboxylic acids is 2. The molecule has 9 heteroatoms. The van der Waals surface area contributed by atoms with Crippen molar-refractivity contribution < 1.29 is 24.0 Å². The Morgan fingerprint density at radius 1 is 0.867 bits per heavy atom. The zero-order chi connectivity index (χ0) is 21.5. The third kappa shape index (κ3) is 5.10. The SMILES string of the molecule is COc1cc([N+](=O)[O-])ccc1NC(=O)C(=O)Nc1ccc(Oc2ccccc2)cc1. The van der Waals surface area contributed by atoms with Crippen LogP contribution in [-0.4, -0.2) is 23.8 Å². The van der Waals surface area contributed by atoms with Gasteiger partial charge in [0.05, 0.1) is 23.8 Å². The van der Waals surface area contributed by atoms with E-state index in [1.54, 1.807) is 24.3 Å². The second kappa shape index (κ2) is 9.20. The maximum Gasteiger partial charge on any atom is 0.314 e. The van der Waals surface area contributed by atoms with Gasteiger partial charge in [0.2, 0.25) is 0 Å². The summed E-state index contributed by atoms with van der Waals surface area (Å²) in [6, 6.07) is 19.3. The number of anilines is 2. The maximum absolute atomic E-state index is 12.2. The molecule has 30 heavy (non-hydrogen) atoms. The number of nitro groups is 1. The summed E-state index contributed by atoms with van der Waals surface area (Å²) < 4.78 is 10.7. The first-order valence-corrected chi connectivity index (χ1v) is 8.74. The quantitative estimate of drug-likeness (QED) is 0.362. The van der Waals surface area contributed by atoms with Crippen LogP contribution in [0.1, 0.15) is 0 Å². The Balaban J connectivity index is 1.62. The summed E-state index contributed by atoms with van der Waals surface area (Å²) in [6.45, 7) is 0. The second-order valence-corrected chi connectivity index (χ2v) is 5.99. The summed E-state index contributed by atoms with van der Waals surface area (Å²) in [5.41, 5.74) is 0.327. The standard InChI is InChI=1S/C21H17N3O6/c1-29-19-13-15(24(27)28)9-12-18(19)23-21(26)20(25)22-14-7-10-17(11-8-14)30-16-5-3-2-4-6-16/h2-13H,1H3,(H,22,25)(H,23,26). The molecule has 3 aromatic carbocycles. The van der Waals surface area contributed by atoms with Crippen molar-refractivity contribution >= 4 is 28.9 Å². The molecule has 0 radical (unpaired) electrons. The maximum atomic E-state index is 12.2. The number of carbonyl (C=O) groups is 2. The van der Waals surface area contributed by atoms with Crippen molar-refractivity contribution in [2.45, 2.75) is 0 Å². The summed E-state index contributed by atoms with van der Waals surface area (Å²) in [7, 11) is 1.30. The largest absolute Gasteiger partial charge is 0.494 e. The Morgan fingerprint density at radius 2 is 1.50 bits per heavy atom. The van der Waals surface area contributed by atoms with Crippen LogP contribution in [0.4, 0.5) is 17.1 Å². The number of nitrogens with one attached hydrogen (secondary N) is 2. The van der Waals surface area contributed by atoms with Crippen molar-refractivity contribution in [1.29, 1.82) is 0 Å². The van der Waals surface area contributed by atoms with Crippen molar-refractivity contribution in [3.63, 3.8) is 0 Å². The lowest BCUT2D eigenvalue weighted by molar-refractivity contribution is -0.384. The van der Waals surface area contributed by atoms with Gasteiger partial charge in [0.25, 0.3) is 5.69 Å². The molecule has 2 N–H and O–H groups in total. The van der Waals surface area contributed by atoms with Crippen LogP contribution >= 0.6 is 0 Å². The molecule has 152 valence electrons. The number of rotatable bonds is 6. The number of ether oxygens (including phenoxy) is 2. The highest BCUT2D eigenvalue weighted by atomic mass is 16.6. The van der Waals surface area contributed by atoms with Gasteiger partial charge < -0.3 is 20.1 Å². The molecule has 0 aliphatic rings. The number of nitrogens with zero attached hydrogens (tertiary/aromatic N) is 1. The van der Waals surface area contributed by atoms with E-state index in [2.05, 4.69) is 10.6 Å². The molecule has 0 saturated heterocycles. The predicted molar refractivity (Wildman–Crippen MR) is 110 cm³/mol. The van der Waals surface area contributed by atoms with Gasteiger partial charge in [-0.05, 0) is 42.5 Å². The summed E-state index contributed by atoms with van der Waals surface area (Å²) in [5, 5.41) is 15.7. The first-order chi connectivity index (χ1) is 14.5. The summed E-state index contributed by atoms with van der Waals surface area (Å²) in [4.78, 5) is 34.6. The normalized spacial score (nSPS) is 10.0. The van der Waals surface area contributed by atoms with Gasteiger partial charge in [0, 0.05) is 11.8 Å². The zero-order valence-electron chi connectivity index (χ0n) is 15.8. The number of nitro benzene ring substituents is 1. The third-order valence-corrected chi connectivity index (χ3v) is 3.94. The molecule has 0 spiro atoms. The minimum absolute atomic E-state index is 0.0627. The lowest BCUT2D eigenvalue weighted by Crippen LogP contribution is -2.29. The Hall–Kier alpha value is -4.40. The fourth-order valence-electron chi connectivity index (χ4n) is 2.49. The number of non-ortho nitro benzene ring substituents is 1. The van der Waals surface area contributed by atoms with Gasteiger partial charge in [0.15, 0.2) is 0 Å². The Kier molecular flexibility index (Phi) is 6.23. The van der Waals surface area contributed by atoms with Crippen LogP contribution < -0.4 is 20.1 Å². The van der Waals surface area contributed by atoms with E-state index < -0.39 is 16.7 Å². The molecular formula is C21H17N3O6. The number of methoxy groups -OCH3 is 1. The van der Waals surface area contributed by atoms with Crippen molar-refractivity contribution in [2.75, 3.05) is 17.7 Å². The zero-order valence-corrected chi connectivity index (χ0v) is 15.8. The average Bonchev–Trinajstić information content (AvgIpc) is 2.76. The summed E-state index contributed by atoms with van der Waals surface area (Å²) in [6.07, 6.45) is 0. The van der Waals surface area contributed by atoms with Gasteiger partial charge in [-0.2, -0.15) is 0 Å². The molecule has 0 heterocycles. The van der Waals surface area contributed by atoms with Crippen LogP contribution in [0.25, 0.3) is 0 Å². The molecule has 0 aromatic heterocycles. The Labute approximate surface area is 171 Å². The van der Waals surface area contributed by atoms with Gasteiger partial charge in [-0.3, -0.25) is 19.7 Å². The van der Waals surface area contributed by atoms with E-state index in [1.165, 1.54) is 19.2 Å². The molecular weight excluding hydrogens is 390 g/mol. The molecule has 0 bridgehead atoms. The van der Waals surface area contributed by atoms with Crippen LogP contribution in [0.2, 0.25) is 0 Å². The van der Waals surface area contributed by atoms with Gasteiger partial charge in [-0.15, -0.1) is 0 Å². The number of benzene rings is 3. The molecule has 0 aliphatic carbocycles. The fraction of sp³-hybridized carbons (Fsp3) is 0.0476. The highest BCUT2D eigenvalue weighted by molar-refractivity contribution is 6.43. The van der Waals surface area contributed by atoms with E-state index in [-0.39, 0.29) is 17.1 Å². The lowest BCUT2D eigenvalue weighted by Gasteiger charge is -2.10. The summed E-state index contributed by atoms with van der Waals surface area (Å²) in [5.74, 6) is -0.559. The van der Waals surface area contributed by atoms with Crippen LogP contribution in [0, 0.1) is 10.1 Å². The molecule has 3 rings (SSSR count). The molecule has 0 fully saturated rings. The molecule has 3 aromatic rings. The van der Waals surface area contributed by atoms with E-state index in [1.807, 2.05) is 30.3 Å². The Bertz CT molecular complexity index is 1070. The monoisotopic (exact) mass is 407 g/mol. The van der Waals surface area contributed by atoms with Crippen molar-refractivity contribution in [2.24, 2.45) is 0 Å². The summed E-state index contributed by atoms with van der Waals surface area (Å²) >= 11 is 0. The van der Waals surface area contributed by atoms with Crippen molar-refractivity contribution in [3.8, 4) is 17.2 Å². The topological polar surface area (TPSA) is 120 Å². The average molecular weight is 407 g/mol. The van der Waals surface area contributed by atoms with Gasteiger partial charge >= 0.3 is 11.8 Å². The second-order valence-electron chi connectivity index (χ2n) is 5.99. The molecule has 0 unspecified atom stereocenters. The first kappa shape index (κ1) is 20.3. The molecule has 9 nitrogen and oxygen atoms in total. The van der Waals surface area contributed by atoms with E-state index >= 15 is 0 Å². The molecule has 0 saturated carbocycles. The van der Waals surface area contributed by atoms with Crippen LogP contribution in [0.3, 0.4) is 0 Å². The Morgan fingerprint density at radius 3 is 2.13 bits per heavy atom. The number of hydrogen-bond donors (Lipinski definition) is 2. The van der Waals surface area contributed by atoms with E-state index in [0.717, 1.165) is 6.07 Å². The molecule has 0 aliphatic heterocycles. The van der Waals surface area contributed by atoms with Gasteiger partial charge in [0.1, 0.15) is 17.2 Å². The third-order valence-electron chi connectivity index (χ3n) is 3.94. The predicted octanol–water partition coefficient (Wildman–Crippen LogP) is 3.97. The van der Waals surface area contributed by atoms with Crippen molar-refractivity contribution in [3.05, 3.63) is 82.9 Å². The van der Waals surface area contributed by atoms with Crippen molar-refractivity contribution in [1.82, 2.24) is 0 Å². The van der Waals surface area contributed by atoms with Gasteiger partial charge in [-0.25, -0.2) is 0 Å². The first-order valence-electron chi connectivity index (χ1n) is 8.74. The van der Waals surface area contributed by atoms with Crippen LogP contribution in [-0.2, 0) is 9.59 Å². The van der Waals surface area contributed by atoms with Crippen LogP contribution in [0.15, 0.2) is 72.8 Å². The number of hydrogen-bond acceptors (Lipinski definition) is 6. The molecule has 2 amide bonds. The number of para-hydroxylation sites is 1. The van der Waals surface area contributed by atoms with E-state index in [9.17, 15) is 19.7 Å².